The summed E-state index contributed by atoms with van der Waals surface area (Å²) in [4.78, 5) is 4.31. The highest BCUT2D eigenvalue weighted by molar-refractivity contribution is 5.64. The molecule has 2 heterocycles. The summed E-state index contributed by atoms with van der Waals surface area (Å²) in [6, 6.07) is 11.0. The Morgan fingerprint density at radius 2 is 2.09 bits per heavy atom. The lowest BCUT2D eigenvalue weighted by Gasteiger charge is -2.27. The van der Waals surface area contributed by atoms with Gasteiger partial charge in [0.1, 0.15) is 12.4 Å². The first-order chi connectivity index (χ1) is 11.3. The first-order valence-corrected chi connectivity index (χ1v) is 8.36. The number of nitrogens with zero attached hydrogens (tertiary/aromatic N) is 1. The zero-order chi connectivity index (χ0) is 15.9. The van der Waals surface area contributed by atoms with Crippen LogP contribution in [-0.4, -0.2) is 35.9 Å². The molecule has 0 aliphatic carbocycles. The van der Waals surface area contributed by atoms with Crippen molar-refractivity contribution in [1.82, 2.24) is 10.3 Å². The molecule has 0 radical (unpaired) electrons. The summed E-state index contributed by atoms with van der Waals surface area (Å²) in [5, 5.41) is 12.2. The Labute approximate surface area is 137 Å². The van der Waals surface area contributed by atoms with Crippen LogP contribution in [0.15, 0.2) is 42.7 Å². The van der Waals surface area contributed by atoms with Crippen molar-refractivity contribution in [3.05, 3.63) is 48.3 Å². The van der Waals surface area contributed by atoms with Crippen molar-refractivity contribution in [2.75, 3.05) is 19.8 Å². The van der Waals surface area contributed by atoms with Crippen LogP contribution in [-0.2, 0) is 6.42 Å². The van der Waals surface area contributed by atoms with Crippen molar-refractivity contribution in [2.45, 2.75) is 31.7 Å². The molecule has 1 aliphatic heterocycles. The lowest BCUT2D eigenvalue weighted by Crippen LogP contribution is -2.46. The predicted molar refractivity (Wildman–Crippen MR) is 91.6 cm³/mol. The van der Waals surface area contributed by atoms with Crippen LogP contribution in [0.2, 0.25) is 0 Å². The Kier molecular flexibility index (Phi) is 5.61. The molecule has 4 nitrogen and oxygen atoms in total. The Balaban J connectivity index is 1.66. The molecule has 1 aromatic carbocycles. The molecule has 2 N–H and O–H groups in total. The minimum absolute atomic E-state index is 0.263. The molecular formula is C19H24N2O2. The van der Waals surface area contributed by atoms with Gasteiger partial charge in [-0.05, 0) is 49.4 Å². The topological polar surface area (TPSA) is 54.4 Å². The monoisotopic (exact) mass is 312 g/mol. The fourth-order valence-corrected chi connectivity index (χ4v) is 2.69. The maximum atomic E-state index is 8.89. The lowest BCUT2D eigenvalue weighted by molar-refractivity contribution is 0.217. The quantitative estimate of drug-likeness (QED) is 0.736. The van der Waals surface area contributed by atoms with Crippen LogP contribution in [0.25, 0.3) is 11.1 Å². The Bertz CT molecular complexity index is 626. The number of aromatic nitrogens is 1. The van der Waals surface area contributed by atoms with E-state index in [9.17, 15) is 0 Å². The summed E-state index contributed by atoms with van der Waals surface area (Å²) >= 11 is 0. The fourth-order valence-electron chi connectivity index (χ4n) is 2.69. The maximum Gasteiger partial charge on any atom is 0.138 e. The van der Waals surface area contributed by atoms with E-state index in [2.05, 4.69) is 40.6 Å². The predicted octanol–water partition coefficient (Wildman–Crippen LogP) is 2.80. The second kappa shape index (κ2) is 8.09. The number of nitrogens with one attached hydrogen (secondary N) is 1. The molecule has 3 rings (SSSR count). The van der Waals surface area contributed by atoms with Crippen molar-refractivity contribution in [3.63, 3.8) is 0 Å². The van der Waals surface area contributed by atoms with E-state index in [0.29, 0.717) is 12.6 Å². The van der Waals surface area contributed by atoms with Gasteiger partial charge in [0.2, 0.25) is 0 Å². The fraction of sp³-hybridized carbons (Fsp3) is 0.421. The van der Waals surface area contributed by atoms with E-state index < -0.39 is 0 Å². The van der Waals surface area contributed by atoms with Crippen molar-refractivity contribution < 1.29 is 9.84 Å². The molecule has 23 heavy (non-hydrogen) atoms. The minimum atomic E-state index is 0.263. The van der Waals surface area contributed by atoms with Crippen molar-refractivity contribution in [3.8, 4) is 16.9 Å². The Morgan fingerprint density at radius 1 is 1.17 bits per heavy atom. The van der Waals surface area contributed by atoms with Gasteiger partial charge < -0.3 is 15.2 Å². The summed E-state index contributed by atoms with van der Waals surface area (Å²) in [6.07, 6.45) is 7.68. The highest BCUT2D eigenvalue weighted by Crippen LogP contribution is 2.24. The first kappa shape index (κ1) is 16.0. The summed E-state index contributed by atoms with van der Waals surface area (Å²) < 4.78 is 5.83. The zero-order valence-electron chi connectivity index (χ0n) is 13.4. The molecular weight excluding hydrogens is 288 g/mol. The molecule has 1 aliphatic rings. The normalized spacial score (nSPS) is 16.8. The number of aliphatic hydroxyl groups excluding tert-OH is 1. The number of ether oxygens (including phenoxy) is 1. The van der Waals surface area contributed by atoms with Gasteiger partial charge in [0.15, 0.2) is 0 Å². The highest BCUT2D eigenvalue weighted by Gasteiger charge is 2.16. The average Bonchev–Trinajstić information content (AvgIpc) is 2.54. The summed E-state index contributed by atoms with van der Waals surface area (Å²) in [5.41, 5.74) is 3.53. The van der Waals surface area contributed by atoms with Crippen LogP contribution in [0.3, 0.4) is 0 Å². The van der Waals surface area contributed by atoms with Crippen LogP contribution < -0.4 is 10.1 Å². The number of rotatable bonds is 8. The van der Waals surface area contributed by atoms with Gasteiger partial charge in [0.05, 0.1) is 6.20 Å². The van der Waals surface area contributed by atoms with Crippen LogP contribution in [0.4, 0.5) is 0 Å². The Morgan fingerprint density at radius 3 is 2.87 bits per heavy atom. The number of hydrogen-bond donors (Lipinski definition) is 2. The Hall–Kier alpha value is -1.91. The van der Waals surface area contributed by atoms with Crippen LogP contribution >= 0.6 is 0 Å². The number of hydrogen-bond acceptors (Lipinski definition) is 4. The SMILES string of the molecule is OCCCCc1cccc(-c2cncc(OC[C@@H]3CCN3)c2)c1. The van der Waals surface area contributed by atoms with Crippen LogP contribution in [0.1, 0.15) is 24.8 Å². The molecule has 0 saturated carbocycles. The highest BCUT2D eigenvalue weighted by atomic mass is 16.5. The molecule has 1 aromatic heterocycles. The molecule has 0 amide bonds. The van der Waals surface area contributed by atoms with E-state index >= 15 is 0 Å². The third-order valence-electron chi connectivity index (χ3n) is 4.22. The molecule has 4 heteroatoms. The number of pyridine rings is 1. The van der Waals surface area contributed by atoms with Gasteiger partial charge in [0.25, 0.3) is 0 Å². The van der Waals surface area contributed by atoms with Crippen molar-refractivity contribution in [2.24, 2.45) is 0 Å². The van der Waals surface area contributed by atoms with Gasteiger partial charge >= 0.3 is 0 Å². The minimum Gasteiger partial charge on any atom is -0.490 e. The second-order valence-corrected chi connectivity index (χ2v) is 6.04. The molecule has 0 spiro atoms. The molecule has 1 fully saturated rings. The molecule has 1 atom stereocenters. The van der Waals surface area contributed by atoms with Crippen LogP contribution in [0.5, 0.6) is 5.75 Å². The molecule has 1 saturated heterocycles. The summed E-state index contributed by atoms with van der Waals surface area (Å²) in [6.45, 7) is 2.06. The maximum absolute atomic E-state index is 8.89. The molecule has 122 valence electrons. The number of aliphatic hydroxyl groups is 1. The zero-order valence-corrected chi connectivity index (χ0v) is 13.4. The van der Waals surface area contributed by atoms with Crippen molar-refractivity contribution in [1.29, 1.82) is 0 Å². The van der Waals surface area contributed by atoms with E-state index in [1.807, 2.05) is 6.20 Å². The van der Waals surface area contributed by atoms with Gasteiger partial charge in [-0.15, -0.1) is 0 Å². The third kappa shape index (κ3) is 4.53. The number of aryl methyl sites for hydroxylation is 1. The van der Waals surface area contributed by atoms with Gasteiger partial charge in [-0.1, -0.05) is 24.3 Å². The van der Waals surface area contributed by atoms with E-state index in [1.165, 1.54) is 12.0 Å². The van der Waals surface area contributed by atoms with Gasteiger partial charge in [-0.2, -0.15) is 0 Å². The van der Waals surface area contributed by atoms with E-state index in [-0.39, 0.29) is 6.61 Å². The standard InChI is InChI=1S/C19H24N2O2/c22-9-2-1-4-15-5-3-6-16(10-15)17-11-19(13-20-12-17)23-14-18-7-8-21-18/h3,5-6,10-13,18,21-22H,1-2,4,7-9,14H2/t18-/m0/s1. The smallest absolute Gasteiger partial charge is 0.138 e. The average molecular weight is 312 g/mol. The van der Waals surface area contributed by atoms with Gasteiger partial charge in [-0.3, -0.25) is 4.98 Å². The summed E-state index contributed by atoms with van der Waals surface area (Å²) in [7, 11) is 0. The van der Waals surface area contributed by atoms with E-state index in [0.717, 1.165) is 42.7 Å². The van der Waals surface area contributed by atoms with Crippen molar-refractivity contribution >= 4 is 0 Å². The van der Waals surface area contributed by atoms with E-state index in [1.54, 1.807) is 6.20 Å². The number of unbranched alkanes of at least 4 members (excludes halogenated alkanes) is 1. The second-order valence-electron chi connectivity index (χ2n) is 6.04. The molecule has 0 unspecified atom stereocenters. The summed E-state index contributed by atoms with van der Waals surface area (Å²) in [5.74, 6) is 0.821. The number of benzene rings is 1. The van der Waals surface area contributed by atoms with Crippen LogP contribution in [0, 0.1) is 0 Å². The molecule has 2 aromatic rings. The van der Waals surface area contributed by atoms with Gasteiger partial charge in [-0.25, -0.2) is 0 Å². The lowest BCUT2D eigenvalue weighted by atomic mass is 10.0. The largest absolute Gasteiger partial charge is 0.490 e. The molecule has 0 bridgehead atoms. The van der Waals surface area contributed by atoms with E-state index in [4.69, 9.17) is 9.84 Å². The first-order valence-electron chi connectivity index (χ1n) is 8.36. The van der Waals surface area contributed by atoms with Gasteiger partial charge in [0, 0.05) is 24.4 Å². The third-order valence-corrected chi connectivity index (χ3v) is 4.22.